The predicted octanol–water partition coefficient (Wildman–Crippen LogP) is 2.55. The maximum absolute atomic E-state index is 12.1. The number of carbonyl (C=O) groups excluding carboxylic acids is 2. The summed E-state index contributed by atoms with van der Waals surface area (Å²) in [5.74, 6) is -1.24. The first-order chi connectivity index (χ1) is 8.31. The van der Waals surface area contributed by atoms with E-state index in [9.17, 15) is 14.0 Å². The van der Waals surface area contributed by atoms with Crippen molar-refractivity contribution in [3.8, 4) is 0 Å². The van der Waals surface area contributed by atoms with Crippen LogP contribution in [0.1, 0.15) is 31.1 Å². The molecule has 0 aliphatic heterocycles. The van der Waals surface area contributed by atoms with Crippen LogP contribution in [-0.2, 0) is 9.53 Å². The number of benzene rings is 1. The Labute approximate surface area is 105 Å². The lowest BCUT2D eigenvalue weighted by Gasteiger charge is -2.19. The van der Waals surface area contributed by atoms with Crippen molar-refractivity contribution in [2.45, 2.75) is 26.4 Å². The Morgan fingerprint density at radius 1 is 1.33 bits per heavy atom. The van der Waals surface area contributed by atoms with Crippen molar-refractivity contribution in [1.29, 1.82) is 0 Å². The van der Waals surface area contributed by atoms with E-state index in [0.717, 1.165) is 0 Å². The first kappa shape index (κ1) is 14.2. The summed E-state index contributed by atoms with van der Waals surface area (Å²) in [6.07, 6.45) is 0. The van der Waals surface area contributed by atoms with Crippen LogP contribution in [0, 0.1) is 0 Å². The van der Waals surface area contributed by atoms with Crippen LogP contribution in [0.15, 0.2) is 24.3 Å². The van der Waals surface area contributed by atoms with Gasteiger partial charge in [0.1, 0.15) is 5.60 Å². The minimum atomic E-state index is -1.10. The molecule has 0 atom stereocenters. The van der Waals surface area contributed by atoms with Crippen molar-refractivity contribution < 1.29 is 18.7 Å². The standard InChI is InChI=1S/C13H16FNO3/c1-13(2,3)18-12(17)9-5-4-6-10(7-9)15-11(16)8-14/h4-7H,8H2,1-3H3,(H,15,16). The van der Waals surface area contributed by atoms with E-state index in [0.29, 0.717) is 11.3 Å². The molecule has 0 radical (unpaired) electrons. The van der Waals surface area contributed by atoms with Crippen LogP contribution >= 0.6 is 0 Å². The van der Waals surface area contributed by atoms with Gasteiger partial charge in [0.25, 0.3) is 5.91 Å². The zero-order valence-electron chi connectivity index (χ0n) is 10.6. The van der Waals surface area contributed by atoms with Crippen LogP contribution in [-0.4, -0.2) is 24.2 Å². The molecule has 1 aromatic rings. The molecule has 5 heteroatoms. The lowest BCUT2D eigenvalue weighted by Crippen LogP contribution is -2.24. The Kier molecular flexibility index (Phi) is 4.42. The molecular formula is C13H16FNO3. The van der Waals surface area contributed by atoms with E-state index in [-0.39, 0.29) is 0 Å². The highest BCUT2D eigenvalue weighted by atomic mass is 19.1. The molecular weight excluding hydrogens is 237 g/mol. The third-order valence-corrected chi connectivity index (χ3v) is 1.90. The molecule has 0 spiro atoms. The molecule has 0 saturated heterocycles. The molecule has 1 aromatic carbocycles. The smallest absolute Gasteiger partial charge is 0.338 e. The first-order valence-corrected chi connectivity index (χ1v) is 5.51. The number of esters is 1. The van der Waals surface area contributed by atoms with Gasteiger partial charge in [-0.25, -0.2) is 9.18 Å². The van der Waals surface area contributed by atoms with E-state index in [2.05, 4.69) is 5.32 Å². The topological polar surface area (TPSA) is 55.4 Å². The summed E-state index contributed by atoms with van der Waals surface area (Å²) in [7, 11) is 0. The Morgan fingerprint density at radius 3 is 2.56 bits per heavy atom. The molecule has 4 nitrogen and oxygen atoms in total. The van der Waals surface area contributed by atoms with Crippen LogP contribution in [0.4, 0.5) is 10.1 Å². The highest BCUT2D eigenvalue weighted by Crippen LogP contribution is 2.15. The summed E-state index contributed by atoms with van der Waals surface area (Å²) >= 11 is 0. The summed E-state index contributed by atoms with van der Waals surface area (Å²) < 4.78 is 17.2. The van der Waals surface area contributed by atoms with E-state index >= 15 is 0 Å². The van der Waals surface area contributed by atoms with Crippen LogP contribution in [0.5, 0.6) is 0 Å². The molecule has 0 bridgehead atoms. The summed E-state index contributed by atoms with van der Waals surface area (Å²) in [6, 6.07) is 6.18. The monoisotopic (exact) mass is 253 g/mol. The normalized spacial score (nSPS) is 10.9. The van der Waals surface area contributed by atoms with Gasteiger partial charge in [-0.05, 0) is 39.0 Å². The van der Waals surface area contributed by atoms with E-state index < -0.39 is 24.2 Å². The molecule has 0 heterocycles. The van der Waals surface area contributed by atoms with Gasteiger partial charge in [-0.1, -0.05) is 6.07 Å². The number of carbonyl (C=O) groups is 2. The Balaban J connectivity index is 2.82. The molecule has 1 amide bonds. The summed E-state index contributed by atoms with van der Waals surface area (Å²) in [5.41, 5.74) is 0.0810. The molecule has 0 aliphatic rings. The number of amides is 1. The average molecular weight is 253 g/mol. The van der Waals surface area contributed by atoms with E-state index in [4.69, 9.17) is 4.74 Å². The number of hydrogen-bond acceptors (Lipinski definition) is 3. The van der Waals surface area contributed by atoms with Gasteiger partial charge in [0.2, 0.25) is 0 Å². The fourth-order valence-corrected chi connectivity index (χ4v) is 1.26. The van der Waals surface area contributed by atoms with Crippen LogP contribution in [0.3, 0.4) is 0 Å². The second-order valence-corrected chi connectivity index (χ2v) is 4.76. The molecule has 0 aliphatic carbocycles. The summed E-state index contributed by atoms with van der Waals surface area (Å²) in [6.45, 7) is 4.19. The fourth-order valence-electron chi connectivity index (χ4n) is 1.26. The zero-order valence-corrected chi connectivity index (χ0v) is 10.6. The minimum Gasteiger partial charge on any atom is -0.456 e. The van der Waals surface area contributed by atoms with Crippen molar-refractivity contribution in [3.63, 3.8) is 0 Å². The largest absolute Gasteiger partial charge is 0.456 e. The number of anilines is 1. The van der Waals surface area contributed by atoms with Gasteiger partial charge in [-0.3, -0.25) is 4.79 Å². The van der Waals surface area contributed by atoms with Gasteiger partial charge in [0.15, 0.2) is 6.67 Å². The number of ether oxygens (including phenoxy) is 1. The second kappa shape index (κ2) is 5.62. The van der Waals surface area contributed by atoms with Gasteiger partial charge < -0.3 is 10.1 Å². The number of alkyl halides is 1. The third kappa shape index (κ3) is 4.53. The highest BCUT2D eigenvalue weighted by Gasteiger charge is 2.18. The molecule has 0 aromatic heterocycles. The summed E-state index contributed by atoms with van der Waals surface area (Å²) in [5, 5.41) is 2.33. The van der Waals surface area contributed by atoms with E-state index in [1.54, 1.807) is 39.0 Å². The lowest BCUT2D eigenvalue weighted by atomic mass is 10.1. The highest BCUT2D eigenvalue weighted by molar-refractivity contribution is 5.95. The van der Waals surface area contributed by atoms with Gasteiger partial charge >= 0.3 is 5.97 Å². The van der Waals surface area contributed by atoms with Crippen molar-refractivity contribution in [1.82, 2.24) is 0 Å². The quantitative estimate of drug-likeness (QED) is 0.842. The maximum atomic E-state index is 12.1. The molecule has 0 saturated carbocycles. The molecule has 0 fully saturated rings. The molecule has 1 rings (SSSR count). The fraction of sp³-hybridized carbons (Fsp3) is 0.385. The zero-order chi connectivity index (χ0) is 13.8. The molecule has 1 N–H and O–H groups in total. The maximum Gasteiger partial charge on any atom is 0.338 e. The number of rotatable bonds is 3. The number of nitrogens with one attached hydrogen (secondary N) is 1. The first-order valence-electron chi connectivity index (χ1n) is 5.51. The Hall–Kier alpha value is -1.91. The Morgan fingerprint density at radius 2 is 2.00 bits per heavy atom. The van der Waals surface area contributed by atoms with Crippen molar-refractivity contribution in [2.24, 2.45) is 0 Å². The van der Waals surface area contributed by atoms with Crippen molar-refractivity contribution >= 4 is 17.6 Å². The molecule has 18 heavy (non-hydrogen) atoms. The van der Waals surface area contributed by atoms with Gasteiger partial charge in [0, 0.05) is 5.69 Å². The minimum absolute atomic E-state index is 0.307. The van der Waals surface area contributed by atoms with Gasteiger partial charge in [-0.15, -0.1) is 0 Å². The lowest BCUT2D eigenvalue weighted by molar-refractivity contribution is -0.117. The van der Waals surface area contributed by atoms with E-state index in [1.165, 1.54) is 6.07 Å². The third-order valence-electron chi connectivity index (χ3n) is 1.90. The number of halogens is 1. The number of hydrogen-bond donors (Lipinski definition) is 1. The van der Waals surface area contributed by atoms with E-state index in [1.807, 2.05) is 0 Å². The molecule has 98 valence electrons. The SMILES string of the molecule is CC(C)(C)OC(=O)c1cccc(NC(=O)CF)c1. The van der Waals surface area contributed by atoms with Crippen molar-refractivity contribution in [2.75, 3.05) is 12.0 Å². The van der Waals surface area contributed by atoms with Gasteiger partial charge in [-0.2, -0.15) is 0 Å². The average Bonchev–Trinajstić information content (AvgIpc) is 2.27. The second-order valence-electron chi connectivity index (χ2n) is 4.76. The van der Waals surface area contributed by atoms with Crippen LogP contribution in [0.2, 0.25) is 0 Å². The predicted molar refractivity (Wildman–Crippen MR) is 66.2 cm³/mol. The van der Waals surface area contributed by atoms with Crippen molar-refractivity contribution in [3.05, 3.63) is 29.8 Å². The van der Waals surface area contributed by atoms with Crippen LogP contribution < -0.4 is 5.32 Å². The summed E-state index contributed by atoms with van der Waals surface area (Å²) in [4.78, 5) is 22.6. The van der Waals surface area contributed by atoms with Crippen LogP contribution in [0.25, 0.3) is 0 Å². The molecule has 0 unspecified atom stereocenters. The van der Waals surface area contributed by atoms with Gasteiger partial charge in [0.05, 0.1) is 5.56 Å². The Bertz CT molecular complexity index is 452.